The van der Waals surface area contributed by atoms with Crippen molar-refractivity contribution in [2.75, 3.05) is 20.8 Å². The Hall–Kier alpha value is -1.95. The fraction of sp³-hybridized carbons (Fsp3) is 0.667. The number of carbonyl (C=O) groups is 1. The molecule has 0 radical (unpaired) electrons. The van der Waals surface area contributed by atoms with Gasteiger partial charge in [0.25, 0.3) is 0 Å². The third-order valence-electron chi connectivity index (χ3n) is 5.52. The summed E-state index contributed by atoms with van der Waals surface area (Å²) in [5.41, 5.74) is 2.37. The molecule has 2 N–H and O–H groups in total. The van der Waals surface area contributed by atoms with Crippen molar-refractivity contribution in [3.05, 3.63) is 23.3 Å². The monoisotopic (exact) mass is 375 g/mol. The fourth-order valence-corrected chi connectivity index (χ4v) is 4.75. The number of methoxy groups -OCH3 is 2. The first-order chi connectivity index (χ1) is 12.6. The van der Waals surface area contributed by atoms with E-state index in [2.05, 4.69) is 38.3 Å². The Balaban J connectivity index is 1.69. The summed E-state index contributed by atoms with van der Waals surface area (Å²) in [6, 6.07) is 4.22. The molecule has 2 amide bonds. The van der Waals surface area contributed by atoms with Crippen LogP contribution in [0.3, 0.4) is 0 Å². The van der Waals surface area contributed by atoms with Gasteiger partial charge >= 0.3 is 6.03 Å². The Morgan fingerprint density at radius 2 is 1.63 bits per heavy atom. The van der Waals surface area contributed by atoms with E-state index in [1.54, 1.807) is 14.2 Å². The van der Waals surface area contributed by atoms with Gasteiger partial charge in [0.1, 0.15) is 0 Å². The van der Waals surface area contributed by atoms with Crippen LogP contribution in [0.4, 0.5) is 4.79 Å². The lowest BCUT2D eigenvalue weighted by Crippen LogP contribution is -2.63. The van der Waals surface area contributed by atoms with Gasteiger partial charge in [-0.2, -0.15) is 0 Å². The molecule has 2 aliphatic rings. The van der Waals surface area contributed by atoms with Crippen LogP contribution < -0.4 is 20.1 Å². The Labute approximate surface area is 162 Å². The predicted molar refractivity (Wildman–Crippen MR) is 107 cm³/mol. The molecule has 0 atom stereocenters. The van der Waals surface area contributed by atoms with E-state index in [0.29, 0.717) is 18.8 Å². The average Bonchev–Trinajstić information content (AvgIpc) is 2.57. The van der Waals surface area contributed by atoms with Crippen LogP contribution in [0.5, 0.6) is 11.5 Å². The molecule has 2 heterocycles. The van der Waals surface area contributed by atoms with Crippen LogP contribution in [0.25, 0.3) is 0 Å². The van der Waals surface area contributed by atoms with E-state index in [4.69, 9.17) is 9.47 Å². The molecule has 6 heteroatoms. The number of nitrogens with zero attached hydrogens (tertiary/aromatic N) is 1. The van der Waals surface area contributed by atoms with Gasteiger partial charge in [-0.15, -0.1) is 0 Å². The predicted octanol–water partition coefficient (Wildman–Crippen LogP) is 3.08. The van der Waals surface area contributed by atoms with Crippen LogP contribution in [0.2, 0.25) is 0 Å². The van der Waals surface area contributed by atoms with Crippen LogP contribution in [0, 0.1) is 0 Å². The topological polar surface area (TPSA) is 62.8 Å². The Morgan fingerprint density at radius 1 is 1.07 bits per heavy atom. The number of hydrogen-bond acceptors (Lipinski definition) is 4. The van der Waals surface area contributed by atoms with Crippen LogP contribution >= 0.6 is 0 Å². The van der Waals surface area contributed by atoms with Gasteiger partial charge in [-0.05, 0) is 70.2 Å². The zero-order chi connectivity index (χ0) is 19.8. The molecule has 1 fully saturated rings. The maximum Gasteiger partial charge on any atom is 0.317 e. The second kappa shape index (κ2) is 7.23. The normalized spacial score (nSPS) is 21.3. The van der Waals surface area contributed by atoms with Gasteiger partial charge in [0, 0.05) is 30.2 Å². The maximum atomic E-state index is 12.9. The largest absolute Gasteiger partial charge is 0.493 e. The number of rotatable bonds is 3. The number of fused-ring (bicyclic) bond motifs is 1. The summed E-state index contributed by atoms with van der Waals surface area (Å²) in [6.45, 7) is 10.1. The number of nitrogens with one attached hydrogen (secondary N) is 2. The highest BCUT2D eigenvalue weighted by Crippen LogP contribution is 2.33. The second-order valence-electron chi connectivity index (χ2n) is 9.09. The van der Waals surface area contributed by atoms with Gasteiger partial charge in [0.05, 0.1) is 14.2 Å². The van der Waals surface area contributed by atoms with Crippen molar-refractivity contribution in [3.8, 4) is 11.5 Å². The number of piperidine rings is 1. The van der Waals surface area contributed by atoms with E-state index in [0.717, 1.165) is 30.6 Å². The van der Waals surface area contributed by atoms with Gasteiger partial charge in [-0.1, -0.05) is 0 Å². The summed E-state index contributed by atoms with van der Waals surface area (Å²) in [5, 5.41) is 6.93. The molecule has 0 bridgehead atoms. The lowest BCUT2D eigenvalue weighted by atomic mass is 9.79. The summed E-state index contributed by atoms with van der Waals surface area (Å²) < 4.78 is 10.8. The molecule has 0 saturated carbocycles. The fourth-order valence-electron chi connectivity index (χ4n) is 4.75. The van der Waals surface area contributed by atoms with Crippen LogP contribution in [0.1, 0.15) is 51.7 Å². The van der Waals surface area contributed by atoms with Gasteiger partial charge < -0.3 is 25.0 Å². The van der Waals surface area contributed by atoms with E-state index in [1.165, 1.54) is 5.56 Å². The highest BCUT2D eigenvalue weighted by Gasteiger charge is 2.38. The quantitative estimate of drug-likeness (QED) is 0.852. The van der Waals surface area contributed by atoms with E-state index in [9.17, 15) is 4.79 Å². The summed E-state index contributed by atoms with van der Waals surface area (Å²) in [6.07, 6.45) is 2.68. The smallest absolute Gasteiger partial charge is 0.317 e. The van der Waals surface area contributed by atoms with E-state index < -0.39 is 0 Å². The number of urea groups is 1. The zero-order valence-corrected chi connectivity index (χ0v) is 17.4. The molecule has 0 aliphatic carbocycles. The SMILES string of the molecule is COc1cc2c(cc1OC)CN(C(=O)NC1CC(C)(C)NC(C)(C)C1)CC2. The summed E-state index contributed by atoms with van der Waals surface area (Å²) in [5.74, 6) is 1.45. The first kappa shape index (κ1) is 19.8. The lowest BCUT2D eigenvalue weighted by Gasteiger charge is -2.47. The summed E-state index contributed by atoms with van der Waals surface area (Å²) in [4.78, 5) is 14.8. The van der Waals surface area contributed by atoms with Crippen molar-refractivity contribution in [1.82, 2.24) is 15.5 Å². The molecular weight excluding hydrogens is 342 g/mol. The average molecular weight is 376 g/mol. The van der Waals surface area contributed by atoms with Crippen molar-refractivity contribution < 1.29 is 14.3 Å². The minimum absolute atomic E-state index is 0.0120. The number of benzene rings is 1. The number of carbonyl (C=O) groups excluding carboxylic acids is 1. The van der Waals surface area contributed by atoms with Crippen LogP contribution in [-0.2, 0) is 13.0 Å². The van der Waals surface area contributed by atoms with E-state index in [-0.39, 0.29) is 23.2 Å². The van der Waals surface area contributed by atoms with Crippen molar-refractivity contribution in [2.24, 2.45) is 0 Å². The van der Waals surface area contributed by atoms with E-state index >= 15 is 0 Å². The molecular formula is C21H33N3O3. The van der Waals surface area contributed by atoms with Crippen molar-refractivity contribution in [3.63, 3.8) is 0 Å². The summed E-state index contributed by atoms with van der Waals surface area (Å²) in [7, 11) is 3.28. The summed E-state index contributed by atoms with van der Waals surface area (Å²) >= 11 is 0. The third-order valence-corrected chi connectivity index (χ3v) is 5.52. The second-order valence-corrected chi connectivity index (χ2v) is 9.09. The molecule has 0 aromatic heterocycles. The molecule has 1 saturated heterocycles. The van der Waals surface area contributed by atoms with Crippen molar-refractivity contribution in [2.45, 2.75) is 70.6 Å². The lowest BCUT2D eigenvalue weighted by molar-refractivity contribution is 0.137. The van der Waals surface area contributed by atoms with Gasteiger partial charge in [0.15, 0.2) is 11.5 Å². The molecule has 27 heavy (non-hydrogen) atoms. The third kappa shape index (κ3) is 4.49. The minimum Gasteiger partial charge on any atom is -0.493 e. The Morgan fingerprint density at radius 3 is 2.19 bits per heavy atom. The molecule has 1 aromatic carbocycles. The van der Waals surface area contributed by atoms with Crippen molar-refractivity contribution in [1.29, 1.82) is 0 Å². The highest BCUT2D eigenvalue weighted by atomic mass is 16.5. The molecule has 6 nitrogen and oxygen atoms in total. The molecule has 0 unspecified atom stereocenters. The highest BCUT2D eigenvalue weighted by molar-refractivity contribution is 5.75. The Bertz CT molecular complexity index is 699. The van der Waals surface area contributed by atoms with Crippen molar-refractivity contribution >= 4 is 6.03 Å². The zero-order valence-electron chi connectivity index (χ0n) is 17.4. The molecule has 2 aliphatic heterocycles. The number of amides is 2. The minimum atomic E-state index is 0.0120. The number of hydrogen-bond donors (Lipinski definition) is 2. The van der Waals surface area contributed by atoms with Gasteiger partial charge in [0.2, 0.25) is 0 Å². The molecule has 0 spiro atoms. The van der Waals surface area contributed by atoms with Gasteiger partial charge in [-0.3, -0.25) is 0 Å². The first-order valence-corrected chi connectivity index (χ1v) is 9.71. The Kier molecular flexibility index (Phi) is 5.30. The van der Waals surface area contributed by atoms with Crippen LogP contribution in [-0.4, -0.2) is 48.8 Å². The maximum absolute atomic E-state index is 12.9. The van der Waals surface area contributed by atoms with E-state index in [1.807, 2.05) is 17.0 Å². The molecule has 150 valence electrons. The molecule has 1 aromatic rings. The standard InChI is InChI=1S/C21H33N3O3/c1-20(2)11-16(12-21(3,4)23-20)22-19(25)24-8-7-14-9-17(26-5)18(27-6)10-15(14)13-24/h9-10,16,23H,7-8,11-13H2,1-6H3,(H,22,25). The number of ether oxygens (including phenoxy) is 2. The van der Waals surface area contributed by atoms with Gasteiger partial charge in [-0.25, -0.2) is 4.79 Å². The first-order valence-electron chi connectivity index (χ1n) is 9.71. The molecule has 3 rings (SSSR count). The van der Waals surface area contributed by atoms with Crippen LogP contribution in [0.15, 0.2) is 12.1 Å².